The fourth-order valence-corrected chi connectivity index (χ4v) is 1.82. The molecule has 6 nitrogen and oxygen atoms in total. The van der Waals surface area contributed by atoms with E-state index >= 15 is 0 Å². The molecule has 1 aromatic carbocycles. The summed E-state index contributed by atoms with van der Waals surface area (Å²) in [5.74, 6) is -0.916. The van der Waals surface area contributed by atoms with Crippen molar-refractivity contribution >= 4 is 16.9 Å². The molecule has 106 valence electrons. The smallest absolute Gasteiger partial charge is 0.338 e. The highest BCUT2D eigenvalue weighted by molar-refractivity contribution is 5.78. The molecule has 20 heavy (non-hydrogen) atoms. The van der Waals surface area contributed by atoms with E-state index in [1.807, 2.05) is 0 Å². The van der Waals surface area contributed by atoms with Crippen molar-refractivity contribution in [1.29, 1.82) is 0 Å². The number of aliphatic hydroxyl groups excluding tert-OH is 2. The van der Waals surface area contributed by atoms with Crippen molar-refractivity contribution in [2.75, 3.05) is 6.61 Å². The Kier molecular flexibility index (Phi) is 4.16. The fourth-order valence-electron chi connectivity index (χ4n) is 1.82. The van der Waals surface area contributed by atoms with Gasteiger partial charge in [0.1, 0.15) is 11.7 Å². The zero-order valence-corrected chi connectivity index (χ0v) is 10.8. The van der Waals surface area contributed by atoms with Gasteiger partial charge in [-0.25, -0.2) is 4.79 Å². The van der Waals surface area contributed by atoms with E-state index < -0.39 is 18.2 Å². The number of esters is 1. The van der Waals surface area contributed by atoms with Gasteiger partial charge >= 0.3 is 5.97 Å². The molecule has 0 aliphatic heterocycles. The molecule has 0 saturated carbocycles. The van der Waals surface area contributed by atoms with Gasteiger partial charge in [-0.1, -0.05) is 6.07 Å². The molecule has 2 unspecified atom stereocenters. The van der Waals surface area contributed by atoms with E-state index in [-0.39, 0.29) is 23.0 Å². The van der Waals surface area contributed by atoms with Gasteiger partial charge in [0, 0.05) is 6.07 Å². The predicted molar refractivity (Wildman–Crippen MR) is 70.1 cm³/mol. The van der Waals surface area contributed by atoms with Gasteiger partial charge in [0.15, 0.2) is 11.5 Å². The van der Waals surface area contributed by atoms with Crippen LogP contribution in [0.4, 0.5) is 0 Å². The second-order valence-corrected chi connectivity index (χ2v) is 4.18. The third-order valence-electron chi connectivity index (χ3n) is 2.85. The van der Waals surface area contributed by atoms with Crippen LogP contribution in [0.15, 0.2) is 39.7 Å². The van der Waals surface area contributed by atoms with Crippen molar-refractivity contribution in [3.63, 3.8) is 0 Å². The van der Waals surface area contributed by atoms with Crippen LogP contribution in [-0.2, 0) is 9.53 Å². The van der Waals surface area contributed by atoms with Gasteiger partial charge in [-0.15, -0.1) is 0 Å². The first kappa shape index (κ1) is 14.2. The summed E-state index contributed by atoms with van der Waals surface area (Å²) in [7, 11) is 0. The van der Waals surface area contributed by atoms with Crippen LogP contribution in [0.25, 0.3) is 11.0 Å². The number of hydrogen-bond donors (Lipinski definition) is 2. The molecule has 0 aliphatic carbocycles. The van der Waals surface area contributed by atoms with Crippen LogP contribution >= 0.6 is 0 Å². The zero-order valence-electron chi connectivity index (χ0n) is 10.8. The van der Waals surface area contributed by atoms with E-state index in [2.05, 4.69) is 4.74 Å². The number of rotatable bonds is 4. The van der Waals surface area contributed by atoms with Crippen LogP contribution < -0.4 is 5.43 Å². The minimum absolute atomic E-state index is 0.101. The Balaban J connectivity index is 2.35. The second kappa shape index (κ2) is 5.85. The van der Waals surface area contributed by atoms with Crippen molar-refractivity contribution in [2.24, 2.45) is 0 Å². The van der Waals surface area contributed by atoms with Crippen molar-refractivity contribution in [1.82, 2.24) is 0 Å². The molecule has 2 atom stereocenters. The number of benzene rings is 1. The summed E-state index contributed by atoms with van der Waals surface area (Å²) in [6, 6.07) is 5.60. The Morgan fingerprint density at radius 2 is 2.10 bits per heavy atom. The van der Waals surface area contributed by atoms with E-state index in [9.17, 15) is 19.8 Å². The minimum atomic E-state index is -1.71. The maximum atomic E-state index is 11.7. The maximum Gasteiger partial charge on any atom is 0.338 e. The van der Waals surface area contributed by atoms with E-state index in [1.165, 1.54) is 30.5 Å². The zero-order chi connectivity index (χ0) is 14.7. The minimum Gasteiger partial charge on any atom is -0.464 e. The van der Waals surface area contributed by atoms with Crippen molar-refractivity contribution in [3.05, 3.63) is 46.3 Å². The summed E-state index contributed by atoms with van der Waals surface area (Å²) >= 11 is 0. The lowest BCUT2D eigenvalue weighted by atomic mass is 10.0. The molecule has 0 aliphatic rings. The Labute approximate surface area is 114 Å². The molecule has 0 saturated heterocycles. The monoisotopic (exact) mass is 278 g/mol. The van der Waals surface area contributed by atoms with Gasteiger partial charge in [-0.2, -0.15) is 0 Å². The maximum absolute atomic E-state index is 11.7. The van der Waals surface area contributed by atoms with Gasteiger partial charge in [0.2, 0.25) is 0 Å². The first-order valence-corrected chi connectivity index (χ1v) is 6.09. The average Bonchev–Trinajstić information content (AvgIpc) is 2.46. The van der Waals surface area contributed by atoms with Crippen molar-refractivity contribution < 1.29 is 24.2 Å². The first-order chi connectivity index (χ1) is 9.54. The number of aliphatic hydroxyl groups is 2. The highest BCUT2D eigenvalue weighted by atomic mass is 16.5. The van der Waals surface area contributed by atoms with Crippen molar-refractivity contribution in [3.8, 4) is 0 Å². The topological polar surface area (TPSA) is 97.0 Å². The Morgan fingerprint density at radius 1 is 1.35 bits per heavy atom. The molecule has 0 bridgehead atoms. The molecule has 2 aromatic rings. The van der Waals surface area contributed by atoms with Crippen LogP contribution in [0.2, 0.25) is 0 Å². The normalized spacial score (nSPS) is 13.9. The van der Waals surface area contributed by atoms with Gasteiger partial charge in [-0.3, -0.25) is 4.79 Å². The van der Waals surface area contributed by atoms with Crippen LogP contribution in [0.1, 0.15) is 18.6 Å². The summed E-state index contributed by atoms with van der Waals surface area (Å²) < 4.78 is 9.77. The van der Waals surface area contributed by atoms with Crippen molar-refractivity contribution in [2.45, 2.75) is 19.1 Å². The summed E-state index contributed by atoms with van der Waals surface area (Å²) in [6.45, 7) is 1.70. The molecule has 1 aromatic heterocycles. The Bertz CT molecular complexity index is 675. The van der Waals surface area contributed by atoms with Gasteiger partial charge in [0.25, 0.3) is 0 Å². The summed E-state index contributed by atoms with van der Waals surface area (Å²) in [4.78, 5) is 23.0. The standard InChI is InChI=1S/C14H14O6/c1-2-19-14(18)13(17)12(16)8-3-4-11-9(7-8)10(15)5-6-20-11/h3-7,12-13,16-17H,2H2,1H3. The molecule has 0 amide bonds. The highest BCUT2D eigenvalue weighted by Gasteiger charge is 2.27. The molecular weight excluding hydrogens is 264 g/mol. The van der Waals surface area contributed by atoms with Crippen LogP contribution in [-0.4, -0.2) is 28.9 Å². The lowest BCUT2D eigenvalue weighted by Gasteiger charge is -2.16. The third-order valence-corrected chi connectivity index (χ3v) is 2.85. The molecule has 2 N–H and O–H groups in total. The predicted octanol–water partition coefficient (Wildman–Crippen LogP) is 0.750. The summed E-state index contributed by atoms with van der Waals surface area (Å²) in [5.41, 5.74) is 0.321. The van der Waals surface area contributed by atoms with Crippen LogP contribution in [0, 0.1) is 0 Å². The van der Waals surface area contributed by atoms with Gasteiger partial charge < -0.3 is 19.4 Å². The number of fused-ring (bicyclic) bond motifs is 1. The van der Waals surface area contributed by atoms with E-state index in [4.69, 9.17) is 4.42 Å². The molecule has 6 heteroatoms. The van der Waals surface area contributed by atoms with E-state index in [1.54, 1.807) is 6.92 Å². The molecule has 0 spiro atoms. The number of hydrogen-bond acceptors (Lipinski definition) is 6. The second-order valence-electron chi connectivity index (χ2n) is 4.18. The third kappa shape index (κ3) is 2.71. The molecular formula is C14H14O6. The SMILES string of the molecule is CCOC(=O)C(O)C(O)c1ccc2occc(=O)c2c1. The molecule has 2 rings (SSSR count). The largest absolute Gasteiger partial charge is 0.464 e. The fraction of sp³-hybridized carbons (Fsp3) is 0.286. The number of ether oxygens (including phenoxy) is 1. The molecule has 1 heterocycles. The first-order valence-electron chi connectivity index (χ1n) is 6.09. The summed E-state index contributed by atoms with van der Waals surface area (Å²) in [6.07, 6.45) is -1.91. The highest BCUT2D eigenvalue weighted by Crippen LogP contribution is 2.21. The van der Waals surface area contributed by atoms with Crippen LogP contribution in [0.3, 0.4) is 0 Å². The van der Waals surface area contributed by atoms with Crippen LogP contribution in [0.5, 0.6) is 0 Å². The lowest BCUT2D eigenvalue weighted by Crippen LogP contribution is -2.29. The Morgan fingerprint density at radius 3 is 2.80 bits per heavy atom. The quantitative estimate of drug-likeness (QED) is 0.801. The lowest BCUT2D eigenvalue weighted by molar-refractivity contribution is -0.159. The van der Waals surface area contributed by atoms with Gasteiger partial charge in [0.05, 0.1) is 18.3 Å². The number of carbonyl (C=O) groups excluding carboxylic acids is 1. The average molecular weight is 278 g/mol. The van der Waals surface area contributed by atoms with E-state index in [0.717, 1.165) is 0 Å². The summed E-state index contributed by atoms with van der Waals surface area (Å²) in [5, 5.41) is 19.9. The molecule has 0 radical (unpaired) electrons. The van der Waals surface area contributed by atoms with E-state index in [0.29, 0.717) is 5.58 Å². The Hall–Kier alpha value is -2.18. The molecule has 0 fully saturated rings. The van der Waals surface area contributed by atoms with Gasteiger partial charge in [-0.05, 0) is 24.6 Å². The number of carbonyl (C=O) groups is 1.